The monoisotopic (exact) mass is 472 g/mol. The van der Waals surface area contributed by atoms with Crippen LogP contribution in [0.2, 0.25) is 0 Å². The third-order valence-electron chi connectivity index (χ3n) is 4.27. The van der Waals surface area contributed by atoms with Gasteiger partial charge >= 0.3 is 6.18 Å². The number of benzene rings is 1. The van der Waals surface area contributed by atoms with Gasteiger partial charge in [0.1, 0.15) is 11.0 Å². The summed E-state index contributed by atoms with van der Waals surface area (Å²) in [6.45, 7) is -0.742. The van der Waals surface area contributed by atoms with Crippen molar-refractivity contribution in [2.75, 3.05) is 38.8 Å². The largest absolute Gasteiger partial charge is 0.468 e. The molecule has 8 nitrogen and oxygen atoms in total. The Morgan fingerprint density at radius 2 is 1.94 bits per heavy atom. The second-order valence-electron chi connectivity index (χ2n) is 6.73. The van der Waals surface area contributed by atoms with Gasteiger partial charge in [0.05, 0.1) is 23.5 Å². The summed E-state index contributed by atoms with van der Waals surface area (Å²) in [4.78, 5) is 5.42. The number of anilines is 1. The van der Waals surface area contributed by atoms with Crippen molar-refractivity contribution < 1.29 is 31.1 Å². The second-order valence-corrected chi connectivity index (χ2v) is 8.46. The molecular weight excluding hydrogens is 449 g/mol. The molecule has 2 aromatic rings. The van der Waals surface area contributed by atoms with E-state index >= 15 is 0 Å². The number of methoxy groups -OCH3 is 1. The molecule has 0 atom stereocenters. The van der Waals surface area contributed by atoms with E-state index in [1.165, 1.54) is 30.3 Å². The highest BCUT2D eigenvalue weighted by molar-refractivity contribution is 7.89. The molecule has 0 aliphatic heterocycles. The number of nitrogens with zero attached hydrogens (tertiary/aromatic N) is 3. The van der Waals surface area contributed by atoms with E-state index in [-0.39, 0.29) is 28.6 Å². The molecule has 2 rings (SSSR count). The van der Waals surface area contributed by atoms with Gasteiger partial charge in [-0.2, -0.15) is 18.4 Å². The Hall–Kier alpha value is -2.88. The molecule has 0 aliphatic carbocycles. The fourth-order valence-corrected chi connectivity index (χ4v) is 3.95. The van der Waals surface area contributed by atoms with E-state index < -0.39 is 22.8 Å². The maximum absolute atomic E-state index is 12.9. The van der Waals surface area contributed by atoms with Crippen molar-refractivity contribution in [1.82, 2.24) is 9.71 Å². The van der Waals surface area contributed by atoms with Crippen LogP contribution in [0.5, 0.6) is 5.88 Å². The third-order valence-corrected chi connectivity index (χ3v) is 5.71. The number of pyridine rings is 1. The number of ether oxygens (including phenoxy) is 2. The summed E-state index contributed by atoms with van der Waals surface area (Å²) in [5.74, 6) is -0.281. The maximum atomic E-state index is 12.9. The number of nitriles is 1. The molecule has 0 saturated carbocycles. The molecule has 0 unspecified atom stereocenters. The zero-order valence-corrected chi connectivity index (χ0v) is 18.3. The quantitative estimate of drug-likeness (QED) is 0.502. The maximum Gasteiger partial charge on any atom is 0.422 e. The molecule has 0 bridgehead atoms. The highest BCUT2D eigenvalue weighted by Gasteiger charge is 2.28. The first-order chi connectivity index (χ1) is 15.1. The van der Waals surface area contributed by atoms with E-state index in [2.05, 4.69) is 14.4 Å². The van der Waals surface area contributed by atoms with Gasteiger partial charge in [0, 0.05) is 33.4 Å². The smallest absolute Gasteiger partial charge is 0.422 e. The topological polar surface area (TPSA) is 105 Å². The summed E-state index contributed by atoms with van der Waals surface area (Å²) in [5, 5.41) is 9.62. The summed E-state index contributed by atoms with van der Waals surface area (Å²) in [6, 6.07) is 10.5. The lowest BCUT2D eigenvalue weighted by Gasteiger charge is -2.21. The van der Waals surface area contributed by atoms with E-state index in [0.29, 0.717) is 25.3 Å². The van der Waals surface area contributed by atoms with Gasteiger partial charge in [0.2, 0.25) is 15.9 Å². The molecule has 0 spiro atoms. The molecule has 174 valence electrons. The average Bonchev–Trinajstić information content (AvgIpc) is 2.75. The first-order valence-corrected chi connectivity index (χ1v) is 10.9. The van der Waals surface area contributed by atoms with E-state index in [1.807, 2.05) is 6.07 Å². The van der Waals surface area contributed by atoms with Gasteiger partial charge in [0.25, 0.3) is 0 Å². The molecule has 12 heteroatoms. The van der Waals surface area contributed by atoms with Crippen molar-refractivity contribution in [3.05, 3.63) is 47.7 Å². The lowest BCUT2D eigenvalue weighted by Crippen LogP contribution is -2.26. The number of nitrogens with one attached hydrogen (secondary N) is 1. The van der Waals surface area contributed by atoms with Crippen LogP contribution >= 0.6 is 0 Å². The van der Waals surface area contributed by atoms with Gasteiger partial charge < -0.3 is 14.4 Å². The lowest BCUT2D eigenvalue weighted by atomic mass is 10.1. The first-order valence-electron chi connectivity index (χ1n) is 9.45. The predicted molar refractivity (Wildman–Crippen MR) is 111 cm³/mol. The normalized spacial score (nSPS) is 11.8. The summed E-state index contributed by atoms with van der Waals surface area (Å²) in [5.41, 5.74) is 0.585. The molecule has 0 aliphatic rings. The number of halogens is 3. The van der Waals surface area contributed by atoms with Crippen molar-refractivity contribution in [1.29, 1.82) is 5.26 Å². The van der Waals surface area contributed by atoms with Crippen LogP contribution in [0, 0.1) is 11.3 Å². The molecule has 1 aromatic carbocycles. The predicted octanol–water partition coefficient (Wildman–Crippen LogP) is 2.85. The fourth-order valence-electron chi connectivity index (χ4n) is 2.78. The van der Waals surface area contributed by atoms with Crippen LogP contribution in [0.1, 0.15) is 17.7 Å². The molecule has 0 amide bonds. The second kappa shape index (κ2) is 11.1. The van der Waals surface area contributed by atoms with Crippen molar-refractivity contribution in [3.63, 3.8) is 0 Å². The molecule has 0 saturated heterocycles. The minimum atomic E-state index is -4.52. The average molecular weight is 472 g/mol. The molecule has 32 heavy (non-hydrogen) atoms. The van der Waals surface area contributed by atoms with Crippen molar-refractivity contribution in [3.8, 4) is 11.9 Å². The van der Waals surface area contributed by atoms with Gasteiger partial charge in [0.15, 0.2) is 6.61 Å². The van der Waals surface area contributed by atoms with Crippen LogP contribution in [0.3, 0.4) is 0 Å². The van der Waals surface area contributed by atoms with Crippen LogP contribution in [-0.4, -0.2) is 53.5 Å². The summed E-state index contributed by atoms with van der Waals surface area (Å²) in [7, 11) is -0.797. The highest BCUT2D eigenvalue weighted by Crippen LogP contribution is 2.26. The molecule has 1 N–H and O–H groups in total. The summed E-state index contributed by atoms with van der Waals surface area (Å²) in [6.07, 6.45) is -3.83. The van der Waals surface area contributed by atoms with E-state index in [0.717, 1.165) is 0 Å². The molecule has 1 aromatic heterocycles. The van der Waals surface area contributed by atoms with Crippen LogP contribution in [0.4, 0.5) is 18.9 Å². The first kappa shape index (κ1) is 25.4. The Labute approximate surface area is 184 Å². The van der Waals surface area contributed by atoms with Gasteiger partial charge in [-0.1, -0.05) is 12.1 Å². The van der Waals surface area contributed by atoms with Gasteiger partial charge in [-0.05, 0) is 24.6 Å². The summed E-state index contributed by atoms with van der Waals surface area (Å²) < 4.78 is 74.5. The molecule has 0 fully saturated rings. The third kappa shape index (κ3) is 7.37. The summed E-state index contributed by atoms with van der Waals surface area (Å²) >= 11 is 0. The zero-order chi connectivity index (χ0) is 23.8. The minimum Gasteiger partial charge on any atom is -0.468 e. The number of aromatic nitrogens is 1. The molecule has 0 radical (unpaired) electrons. The lowest BCUT2D eigenvalue weighted by molar-refractivity contribution is -0.154. The number of alkyl halides is 3. The van der Waals surface area contributed by atoms with Crippen molar-refractivity contribution in [2.45, 2.75) is 24.0 Å². The van der Waals surface area contributed by atoms with E-state index in [9.17, 15) is 26.9 Å². The highest BCUT2D eigenvalue weighted by atomic mass is 32.2. The van der Waals surface area contributed by atoms with Crippen LogP contribution < -0.4 is 14.4 Å². The zero-order valence-electron chi connectivity index (χ0n) is 17.5. The van der Waals surface area contributed by atoms with Crippen LogP contribution in [0.25, 0.3) is 0 Å². The standard InChI is InChI=1S/C20H23F3N4O4S/c1-27(10-5-11-30-2)17-7-4-8-18(16(17)12-24)32(28,29)25-13-15-6-3-9-19(26-15)31-14-20(21,22)23/h3-4,6-9,25H,5,10-11,13-14H2,1-2H3. The Morgan fingerprint density at radius 3 is 2.59 bits per heavy atom. The van der Waals surface area contributed by atoms with Crippen molar-refractivity contribution in [2.24, 2.45) is 0 Å². The number of rotatable bonds is 11. The van der Waals surface area contributed by atoms with Crippen LogP contribution in [0.15, 0.2) is 41.3 Å². The minimum absolute atomic E-state index is 0.0184. The van der Waals surface area contributed by atoms with Gasteiger partial charge in [-0.15, -0.1) is 0 Å². The molecule has 1 heterocycles. The van der Waals surface area contributed by atoms with Gasteiger partial charge in [-0.25, -0.2) is 18.1 Å². The fraction of sp³-hybridized carbons (Fsp3) is 0.400. The Kier molecular flexibility index (Phi) is 8.82. The Morgan fingerprint density at radius 1 is 1.22 bits per heavy atom. The van der Waals surface area contributed by atoms with Crippen molar-refractivity contribution >= 4 is 15.7 Å². The Balaban J connectivity index is 2.17. The number of hydrogen-bond acceptors (Lipinski definition) is 7. The number of hydrogen-bond donors (Lipinski definition) is 1. The molecular formula is C20H23F3N4O4S. The van der Waals surface area contributed by atoms with Gasteiger partial charge in [-0.3, -0.25) is 0 Å². The Bertz CT molecular complexity index is 1060. The van der Waals surface area contributed by atoms with E-state index in [4.69, 9.17) is 4.74 Å². The van der Waals surface area contributed by atoms with E-state index in [1.54, 1.807) is 25.1 Å². The van der Waals surface area contributed by atoms with Crippen LogP contribution in [-0.2, 0) is 21.3 Å². The number of sulfonamides is 1. The SMILES string of the molecule is COCCCN(C)c1cccc(S(=O)(=O)NCc2cccc(OCC(F)(F)F)n2)c1C#N.